The molecule has 2 heterocycles. The Morgan fingerprint density at radius 1 is 1.04 bits per heavy atom. The van der Waals surface area contributed by atoms with Gasteiger partial charge < -0.3 is 10.7 Å². The Morgan fingerprint density at radius 2 is 1.78 bits per heavy atom. The van der Waals surface area contributed by atoms with Gasteiger partial charge in [-0.1, -0.05) is 42.5 Å². The van der Waals surface area contributed by atoms with Crippen molar-refractivity contribution in [2.45, 2.75) is 6.42 Å². The number of anilines is 1. The Kier molecular flexibility index (Phi) is 4.52. The van der Waals surface area contributed by atoms with Gasteiger partial charge in [-0.05, 0) is 35.9 Å². The predicted octanol–water partition coefficient (Wildman–Crippen LogP) is 4.52. The molecule has 0 bridgehead atoms. The van der Waals surface area contributed by atoms with Gasteiger partial charge in [0.2, 0.25) is 0 Å². The van der Waals surface area contributed by atoms with Crippen molar-refractivity contribution in [2.75, 3.05) is 5.73 Å². The molecule has 0 amide bonds. The van der Waals surface area contributed by atoms with E-state index in [-0.39, 0.29) is 0 Å². The summed E-state index contributed by atoms with van der Waals surface area (Å²) in [6, 6.07) is 19.6. The molecular formula is C22H18N4S. The van der Waals surface area contributed by atoms with E-state index in [4.69, 9.17) is 23.4 Å². The average molecular weight is 370 g/mol. The lowest BCUT2D eigenvalue weighted by Crippen LogP contribution is -2.05. The highest BCUT2D eigenvalue weighted by Gasteiger charge is 2.13. The van der Waals surface area contributed by atoms with Crippen LogP contribution < -0.4 is 5.73 Å². The number of nitrogen functional groups attached to an aromatic ring is 1. The van der Waals surface area contributed by atoms with Crippen molar-refractivity contribution in [3.63, 3.8) is 0 Å². The maximum Gasteiger partial charge on any atom is 0.0706 e. The third kappa shape index (κ3) is 3.50. The van der Waals surface area contributed by atoms with Gasteiger partial charge in [-0.3, -0.25) is 10.4 Å². The summed E-state index contributed by atoms with van der Waals surface area (Å²) < 4.78 is 0. The molecule has 0 aliphatic rings. The maximum absolute atomic E-state index is 8.48. The van der Waals surface area contributed by atoms with Crippen LogP contribution in [0, 0.1) is 5.41 Å². The van der Waals surface area contributed by atoms with Crippen LogP contribution in [0.3, 0.4) is 0 Å². The largest absolute Gasteiger partial charge is 0.398 e. The molecule has 0 spiro atoms. The van der Waals surface area contributed by atoms with E-state index in [1.807, 2.05) is 48.5 Å². The molecule has 2 aromatic carbocycles. The van der Waals surface area contributed by atoms with Crippen LogP contribution in [0.15, 0.2) is 73.1 Å². The number of fused-ring (bicyclic) bond motifs is 1. The van der Waals surface area contributed by atoms with Crippen molar-refractivity contribution >= 4 is 39.4 Å². The summed E-state index contributed by atoms with van der Waals surface area (Å²) in [6.45, 7) is 0. The van der Waals surface area contributed by atoms with E-state index in [0.29, 0.717) is 23.4 Å². The van der Waals surface area contributed by atoms with Crippen LogP contribution in [0.4, 0.5) is 5.69 Å². The van der Waals surface area contributed by atoms with Crippen LogP contribution in [0.2, 0.25) is 0 Å². The molecule has 0 unspecified atom stereocenters. The number of rotatable bonds is 5. The average Bonchev–Trinajstić information content (AvgIpc) is 3.11. The molecule has 5 heteroatoms. The van der Waals surface area contributed by atoms with Crippen LogP contribution in [0.1, 0.15) is 22.4 Å². The zero-order chi connectivity index (χ0) is 18.8. The number of H-pyrrole nitrogens is 1. The number of aromatic amines is 1. The minimum atomic E-state index is 0.381. The van der Waals surface area contributed by atoms with Crippen molar-refractivity contribution < 1.29 is 0 Å². The first-order valence-electron chi connectivity index (χ1n) is 8.60. The molecule has 0 saturated heterocycles. The third-order valence-corrected chi connectivity index (χ3v) is 4.90. The summed E-state index contributed by atoms with van der Waals surface area (Å²) in [7, 11) is 0. The van der Waals surface area contributed by atoms with E-state index in [2.05, 4.69) is 22.1 Å². The van der Waals surface area contributed by atoms with E-state index < -0.39 is 0 Å². The van der Waals surface area contributed by atoms with E-state index in [9.17, 15) is 0 Å². The molecule has 0 radical (unpaired) electrons. The quantitative estimate of drug-likeness (QED) is 0.209. The molecule has 4 N–H and O–H groups in total. The molecule has 27 heavy (non-hydrogen) atoms. The monoisotopic (exact) mass is 370 g/mol. The Morgan fingerprint density at radius 3 is 2.52 bits per heavy atom. The Labute approximate surface area is 162 Å². The van der Waals surface area contributed by atoms with E-state index in [0.717, 1.165) is 27.0 Å². The first-order chi connectivity index (χ1) is 13.1. The summed E-state index contributed by atoms with van der Waals surface area (Å²) in [5, 5.41) is 9.47. The highest BCUT2D eigenvalue weighted by molar-refractivity contribution is 7.80. The lowest BCUT2D eigenvalue weighted by atomic mass is 10.00. The SMILES string of the molecule is N=C(c1ccncc1)c1cc2cc(C(=S)Cc3ccccc3)[nH]c2cc1N. The van der Waals surface area contributed by atoms with Crippen molar-refractivity contribution in [3.8, 4) is 0 Å². The Hall–Kier alpha value is -3.31. The van der Waals surface area contributed by atoms with Gasteiger partial charge >= 0.3 is 0 Å². The molecule has 0 aliphatic carbocycles. The topological polar surface area (TPSA) is 78.5 Å². The highest BCUT2D eigenvalue weighted by atomic mass is 32.1. The molecule has 4 aromatic rings. The first-order valence-corrected chi connectivity index (χ1v) is 9.01. The highest BCUT2D eigenvalue weighted by Crippen LogP contribution is 2.25. The van der Waals surface area contributed by atoms with Gasteiger partial charge in [0.05, 0.1) is 11.4 Å². The summed E-state index contributed by atoms with van der Waals surface area (Å²) >= 11 is 5.63. The molecule has 0 aliphatic heterocycles. The van der Waals surface area contributed by atoms with Crippen LogP contribution in [0.5, 0.6) is 0 Å². The molecule has 2 aromatic heterocycles. The second-order valence-corrected chi connectivity index (χ2v) is 6.90. The lowest BCUT2D eigenvalue weighted by Gasteiger charge is -2.08. The zero-order valence-electron chi connectivity index (χ0n) is 14.6. The van der Waals surface area contributed by atoms with Crippen molar-refractivity contribution in [3.05, 3.63) is 95.4 Å². The Bertz CT molecular complexity index is 1130. The number of benzene rings is 2. The number of thiocarbonyl (C=S) groups is 1. The normalized spacial score (nSPS) is 10.8. The lowest BCUT2D eigenvalue weighted by molar-refractivity contribution is 1.31. The van der Waals surface area contributed by atoms with E-state index in [1.165, 1.54) is 5.56 Å². The summed E-state index contributed by atoms with van der Waals surface area (Å²) in [4.78, 5) is 8.21. The van der Waals surface area contributed by atoms with E-state index >= 15 is 0 Å². The standard InChI is InChI=1S/C22H18N4S/c23-18-13-19-16(11-17(18)22(24)15-6-8-25-9-7-15)12-20(26-19)21(27)10-14-4-2-1-3-5-14/h1-9,11-13,24,26H,10,23H2. The number of nitrogens with zero attached hydrogens (tertiary/aromatic N) is 1. The maximum atomic E-state index is 8.48. The Balaban J connectivity index is 1.67. The van der Waals surface area contributed by atoms with Crippen LogP contribution in [-0.4, -0.2) is 20.5 Å². The van der Waals surface area contributed by atoms with Gasteiger partial charge in [0.25, 0.3) is 0 Å². The fourth-order valence-corrected chi connectivity index (χ4v) is 3.39. The molecule has 4 rings (SSSR count). The number of nitrogens with one attached hydrogen (secondary N) is 2. The van der Waals surface area contributed by atoms with Gasteiger partial charge in [0, 0.05) is 51.4 Å². The van der Waals surface area contributed by atoms with Crippen molar-refractivity contribution in [1.29, 1.82) is 5.41 Å². The second-order valence-electron chi connectivity index (χ2n) is 6.41. The number of pyridine rings is 1. The summed E-state index contributed by atoms with van der Waals surface area (Å²) in [6.07, 6.45) is 4.06. The van der Waals surface area contributed by atoms with Crippen LogP contribution in [0.25, 0.3) is 10.9 Å². The zero-order valence-corrected chi connectivity index (χ0v) is 15.4. The molecule has 0 fully saturated rings. The number of hydrogen-bond donors (Lipinski definition) is 3. The molecule has 0 atom stereocenters. The number of hydrogen-bond acceptors (Lipinski definition) is 4. The van der Waals surface area contributed by atoms with Crippen molar-refractivity contribution in [1.82, 2.24) is 9.97 Å². The van der Waals surface area contributed by atoms with Crippen LogP contribution in [-0.2, 0) is 6.42 Å². The predicted molar refractivity (Wildman–Crippen MR) is 115 cm³/mol. The number of aromatic nitrogens is 2. The van der Waals surface area contributed by atoms with Gasteiger partial charge in [0.1, 0.15) is 0 Å². The second kappa shape index (κ2) is 7.13. The first kappa shape index (κ1) is 17.1. The van der Waals surface area contributed by atoms with Gasteiger partial charge in [-0.15, -0.1) is 0 Å². The van der Waals surface area contributed by atoms with Gasteiger partial charge in [-0.2, -0.15) is 0 Å². The van der Waals surface area contributed by atoms with E-state index in [1.54, 1.807) is 12.4 Å². The molecule has 0 saturated carbocycles. The van der Waals surface area contributed by atoms with Gasteiger partial charge in [-0.25, -0.2) is 0 Å². The molecule has 132 valence electrons. The smallest absolute Gasteiger partial charge is 0.0706 e. The third-order valence-electron chi connectivity index (χ3n) is 4.54. The summed E-state index contributed by atoms with van der Waals surface area (Å²) in [5.74, 6) is 0. The van der Waals surface area contributed by atoms with Crippen LogP contribution >= 0.6 is 12.2 Å². The molecule has 4 nitrogen and oxygen atoms in total. The molecular weight excluding hydrogens is 352 g/mol. The minimum absolute atomic E-state index is 0.381. The fourth-order valence-electron chi connectivity index (χ4n) is 3.11. The fraction of sp³-hybridized carbons (Fsp3) is 0.0455. The van der Waals surface area contributed by atoms with Crippen molar-refractivity contribution in [2.24, 2.45) is 0 Å². The summed E-state index contributed by atoms with van der Waals surface area (Å²) in [5.41, 5.74) is 11.7. The van der Waals surface area contributed by atoms with Gasteiger partial charge in [0.15, 0.2) is 0 Å². The minimum Gasteiger partial charge on any atom is -0.398 e. The number of nitrogens with two attached hydrogens (primary N) is 1.